The van der Waals surface area contributed by atoms with Gasteiger partial charge in [0.15, 0.2) is 18.3 Å². The molecule has 0 aliphatic carbocycles. The Balaban J connectivity index is 1.76. The van der Waals surface area contributed by atoms with Crippen LogP contribution in [0.1, 0.15) is 25.5 Å². The van der Waals surface area contributed by atoms with E-state index < -0.39 is 5.82 Å². The van der Waals surface area contributed by atoms with Crippen LogP contribution in [0.15, 0.2) is 57.0 Å². The lowest BCUT2D eigenvalue weighted by Crippen LogP contribution is -2.40. The average molecular weight is 470 g/mol. The molecule has 0 atom stereocenters. The number of allylic oxidation sites excluding steroid dienone is 1. The predicted molar refractivity (Wildman–Crippen MR) is 135 cm³/mol. The first-order chi connectivity index (χ1) is 16.4. The number of benzene rings is 1. The molecule has 34 heavy (non-hydrogen) atoms. The van der Waals surface area contributed by atoms with Gasteiger partial charge in [-0.1, -0.05) is 0 Å². The van der Waals surface area contributed by atoms with Crippen LogP contribution in [-0.4, -0.2) is 66.7 Å². The Morgan fingerprint density at radius 1 is 1.35 bits per heavy atom. The molecule has 3 rings (SSSR count). The van der Waals surface area contributed by atoms with E-state index in [0.29, 0.717) is 49.5 Å². The maximum absolute atomic E-state index is 14.8. The highest BCUT2D eigenvalue weighted by molar-refractivity contribution is 5.93. The van der Waals surface area contributed by atoms with Crippen LogP contribution in [-0.2, 0) is 0 Å². The Bertz CT molecular complexity index is 1100. The molecule has 1 aromatic carbocycles. The summed E-state index contributed by atoms with van der Waals surface area (Å²) in [5.41, 5.74) is 5.20. The molecule has 0 bridgehead atoms. The maximum atomic E-state index is 14.8. The normalized spacial score (nSPS) is 16.0. The number of piperidine rings is 1. The van der Waals surface area contributed by atoms with Crippen LogP contribution in [0.25, 0.3) is 10.9 Å². The van der Waals surface area contributed by atoms with Crippen molar-refractivity contribution in [2.24, 2.45) is 15.1 Å². The number of halogens is 1. The van der Waals surface area contributed by atoms with Crippen LogP contribution in [0.5, 0.6) is 5.75 Å². The summed E-state index contributed by atoms with van der Waals surface area (Å²) in [6, 6.07) is 5.13. The van der Waals surface area contributed by atoms with E-state index in [1.54, 1.807) is 24.3 Å². The summed E-state index contributed by atoms with van der Waals surface area (Å²) in [5, 5.41) is 17.1. The lowest BCUT2D eigenvalue weighted by atomic mass is 10.1. The quantitative estimate of drug-likeness (QED) is 0.243. The number of aliphatic hydroxyl groups is 1. The van der Waals surface area contributed by atoms with Gasteiger partial charge < -0.3 is 25.0 Å². The molecule has 2 heterocycles. The number of hydrazone groups is 1. The van der Waals surface area contributed by atoms with Crippen LogP contribution in [0.3, 0.4) is 0 Å². The van der Waals surface area contributed by atoms with Gasteiger partial charge in [-0.15, -0.1) is 0 Å². The molecule has 1 fully saturated rings. The van der Waals surface area contributed by atoms with Crippen molar-refractivity contribution in [3.8, 4) is 5.75 Å². The number of aromatic amines is 1. The molecular weight excluding hydrogens is 437 g/mol. The summed E-state index contributed by atoms with van der Waals surface area (Å²) in [4.78, 5) is 13.8. The van der Waals surface area contributed by atoms with Crippen molar-refractivity contribution >= 4 is 30.2 Å². The number of aliphatic imine (C=N–C) groups is 2. The van der Waals surface area contributed by atoms with Crippen LogP contribution in [0, 0.1) is 12.7 Å². The second-order valence-electron chi connectivity index (χ2n) is 8.02. The molecule has 1 aromatic heterocycles. The first kappa shape index (κ1) is 25.0. The molecule has 0 spiro atoms. The number of rotatable bonds is 10. The number of amidine groups is 1. The molecule has 0 radical (unpaired) electrons. The number of aromatic nitrogens is 1. The second-order valence-corrected chi connectivity index (χ2v) is 8.02. The lowest BCUT2D eigenvalue weighted by Gasteiger charge is -2.31. The highest BCUT2D eigenvalue weighted by Gasteiger charge is 2.19. The van der Waals surface area contributed by atoms with Gasteiger partial charge in [-0.25, -0.2) is 14.4 Å². The number of fused-ring (bicyclic) bond motifs is 1. The topological polar surface area (TPSA) is 110 Å². The molecule has 0 saturated carbocycles. The predicted octanol–water partition coefficient (Wildman–Crippen LogP) is 3.05. The maximum Gasteiger partial charge on any atom is 0.181 e. The first-order valence-electron chi connectivity index (χ1n) is 11.1. The molecule has 1 aliphatic heterocycles. The molecule has 0 unspecified atom stereocenters. The third-order valence-electron chi connectivity index (χ3n) is 5.46. The van der Waals surface area contributed by atoms with E-state index in [4.69, 9.17) is 4.74 Å². The molecule has 2 aromatic rings. The van der Waals surface area contributed by atoms with Crippen molar-refractivity contribution in [3.05, 3.63) is 53.4 Å². The molecule has 9 nitrogen and oxygen atoms in total. The number of likely N-dealkylation sites (tertiary alicyclic amines) is 1. The Hall–Kier alpha value is -3.66. The van der Waals surface area contributed by atoms with Crippen LogP contribution in [0.2, 0.25) is 0 Å². The summed E-state index contributed by atoms with van der Waals surface area (Å²) in [6.07, 6.45) is 4.62. The van der Waals surface area contributed by atoms with E-state index in [1.165, 1.54) is 0 Å². The third-order valence-corrected chi connectivity index (χ3v) is 5.46. The molecular formula is C24H32FN7O2. The fraction of sp³-hybridized carbons (Fsp3) is 0.375. The van der Waals surface area contributed by atoms with Gasteiger partial charge >= 0.3 is 0 Å². The summed E-state index contributed by atoms with van der Waals surface area (Å²) in [7, 11) is 0. The SMILES string of the molecule is C=NN/C(C)=C\CN/C(=C/C(=N\COc1ccc2[nH]c(C)cc2c1F)N1CCC(O)CC1)N=C. The van der Waals surface area contributed by atoms with E-state index in [1.807, 2.05) is 24.8 Å². The van der Waals surface area contributed by atoms with Gasteiger partial charge in [0.25, 0.3) is 0 Å². The smallest absolute Gasteiger partial charge is 0.181 e. The summed E-state index contributed by atoms with van der Waals surface area (Å²) in [6.45, 7) is 12.5. The third kappa shape index (κ3) is 6.67. The van der Waals surface area contributed by atoms with Gasteiger partial charge in [0, 0.05) is 54.7 Å². The Labute approximate surface area is 198 Å². The average Bonchev–Trinajstić information content (AvgIpc) is 3.21. The van der Waals surface area contributed by atoms with Gasteiger partial charge in [-0.05, 0) is 57.7 Å². The minimum atomic E-state index is -0.421. The zero-order valence-corrected chi connectivity index (χ0v) is 19.6. The fourth-order valence-corrected chi connectivity index (χ4v) is 3.65. The Morgan fingerprint density at radius 3 is 2.82 bits per heavy atom. The number of nitrogens with one attached hydrogen (secondary N) is 3. The van der Waals surface area contributed by atoms with Gasteiger partial charge in [-0.2, -0.15) is 5.10 Å². The molecule has 4 N–H and O–H groups in total. The highest BCUT2D eigenvalue weighted by atomic mass is 19.1. The van der Waals surface area contributed by atoms with Crippen LogP contribution >= 0.6 is 0 Å². The molecule has 182 valence electrons. The molecule has 1 saturated heterocycles. The van der Waals surface area contributed by atoms with E-state index in [2.05, 4.69) is 44.2 Å². The molecule has 0 amide bonds. The van der Waals surface area contributed by atoms with Gasteiger partial charge in [0.1, 0.15) is 11.7 Å². The summed E-state index contributed by atoms with van der Waals surface area (Å²) >= 11 is 0. The standard InChI is InChI=1S/C24H32FN7O2/c1-16(31-27-4)7-10-28-22(26-3)14-23(32-11-8-18(33)9-12-32)29-15-34-21-6-5-20-19(24(21)25)13-17(2)30-20/h5-7,13-14,18,28,30-31,33H,3-4,8-12,15H2,1-2H3/b16-7-,22-14+,29-23+. The number of hydrogen-bond acceptors (Lipinski definition) is 7. The zero-order chi connectivity index (χ0) is 24.5. The zero-order valence-electron chi connectivity index (χ0n) is 19.6. The molecule has 10 heteroatoms. The van der Waals surface area contributed by atoms with Crippen LogP contribution in [0.4, 0.5) is 4.39 Å². The largest absolute Gasteiger partial charge is 0.468 e. The van der Waals surface area contributed by atoms with E-state index in [-0.39, 0.29) is 18.6 Å². The summed E-state index contributed by atoms with van der Waals surface area (Å²) in [5.74, 6) is 0.857. The Kier molecular flexibility index (Phi) is 8.80. The fourth-order valence-electron chi connectivity index (χ4n) is 3.65. The summed E-state index contributed by atoms with van der Waals surface area (Å²) < 4.78 is 20.5. The van der Waals surface area contributed by atoms with Crippen LogP contribution < -0.4 is 15.5 Å². The van der Waals surface area contributed by atoms with Gasteiger partial charge in [0.2, 0.25) is 0 Å². The van der Waals surface area contributed by atoms with Gasteiger partial charge in [0.05, 0.1) is 6.10 Å². The van der Waals surface area contributed by atoms with E-state index in [0.717, 1.165) is 16.9 Å². The van der Waals surface area contributed by atoms with Crippen molar-refractivity contribution in [1.29, 1.82) is 0 Å². The van der Waals surface area contributed by atoms with Gasteiger partial charge in [-0.3, -0.25) is 5.43 Å². The number of ether oxygens (including phenoxy) is 1. The number of H-pyrrole nitrogens is 1. The monoisotopic (exact) mass is 469 g/mol. The lowest BCUT2D eigenvalue weighted by molar-refractivity contribution is 0.109. The number of aliphatic hydroxyl groups excluding tert-OH is 1. The highest BCUT2D eigenvalue weighted by Crippen LogP contribution is 2.27. The number of hydrogen-bond donors (Lipinski definition) is 4. The van der Waals surface area contributed by atoms with Crippen molar-refractivity contribution < 1.29 is 14.2 Å². The minimum absolute atomic E-state index is 0.0743. The van der Waals surface area contributed by atoms with Crippen molar-refractivity contribution in [2.45, 2.75) is 32.8 Å². The second kappa shape index (κ2) is 12.0. The first-order valence-corrected chi connectivity index (χ1v) is 11.1. The van der Waals surface area contributed by atoms with E-state index >= 15 is 0 Å². The van der Waals surface area contributed by atoms with Crippen molar-refractivity contribution in [2.75, 3.05) is 26.4 Å². The minimum Gasteiger partial charge on any atom is -0.468 e. The number of aryl methyl sites for hydroxylation is 1. The number of nitrogens with zero attached hydrogens (tertiary/aromatic N) is 4. The Morgan fingerprint density at radius 2 is 2.12 bits per heavy atom. The molecule has 1 aliphatic rings. The van der Waals surface area contributed by atoms with Crippen molar-refractivity contribution in [3.63, 3.8) is 0 Å². The van der Waals surface area contributed by atoms with E-state index in [9.17, 15) is 9.50 Å². The van der Waals surface area contributed by atoms with Crippen molar-refractivity contribution in [1.82, 2.24) is 20.6 Å².